The maximum Gasteiger partial charge on any atom is 0.178 e. The van der Waals surface area contributed by atoms with Gasteiger partial charge in [-0.1, -0.05) is 38.1 Å². The van der Waals surface area contributed by atoms with Gasteiger partial charge < -0.3 is 19.1 Å². The monoisotopic (exact) mass is 433 g/mol. The topological polar surface area (TPSA) is 48.8 Å². The van der Waals surface area contributed by atoms with Crippen LogP contribution in [-0.2, 0) is 22.3 Å². The molecular weight excluding hydrogens is 402 g/mol. The van der Waals surface area contributed by atoms with E-state index in [4.69, 9.17) is 19.3 Å². The second kappa shape index (κ2) is 7.64. The van der Waals surface area contributed by atoms with Crippen LogP contribution in [0.15, 0.2) is 48.5 Å². The number of methoxy groups -OCH3 is 1. The maximum atomic E-state index is 6.31. The lowest BCUT2D eigenvalue weighted by Crippen LogP contribution is -2.48. The van der Waals surface area contributed by atoms with E-state index in [2.05, 4.69) is 57.1 Å². The highest BCUT2D eigenvalue weighted by molar-refractivity contribution is 5.71. The molecule has 0 N–H and O–H groups in total. The van der Waals surface area contributed by atoms with Gasteiger partial charge in [-0.2, -0.15) is 5.10 Å². The molecule has 0 bridgehead atoms. The first-order valence-corrected chi connectivity index (χ1v) is 11.1. The van der Waals surface area contributed by atoms with Gasteiger partial charge in [0.25, 0.3) is 0 Å². The number of benzene rings is 2. The average Bonchev–Trinajstić information content (AvgIpc) is 3.30. The van der Waals surface area contributed by atoms with Crippen molar-refractivity contribution in [3.8, 4) is 22.7 Å². The molecule has 1 aliphatic carbocycles. The molecule has 2 aromatic carbocycles. The number of fused-ring (bicyclic) bond motifs is 1. The van der Waals surface area contributed by atoms with Crippen molar-refractivity contribution in [1.29, 1.82) is 0 Å². The first kappa shape index (κ1) is 21.0. The molecule has 1 aliphatic heterocycles. The fraction of sp³-hybridized carbons (Fsp3) is 0.423. The number of aromatic nitrogens is 2. The van der Waals surface area contributed by atoms with Gasteiger partial charge >= 0.3 is 0 Å². The van der Waals surface area contributed by atoms with Gasteiger partial charge in [-0.25, -0.2) is 4.68 Å². The van der Waals surface area contributed by atoms with Gasteiger partial charge in [0.05, 0.1) is 31.7 Å². The first-order chi connectivity index (χ1) is 15.3. The third kappa shape index (κ3) is 3.57. The summed E-state index contributed by atoms with van der Waals surface area (Å²) in [5.74, 6) is 0.187. The highest BCUT2D eigenvalue weighted by atomic mass is 16.7. The van der Waals surface area contributed by atoms with Gasteiger partial charge in [0.2, 0.25) is 0 Å². The molecule has 0 atom stereocenters. The van der Waals surface area contributed by atoms with E-state index in [9.17, 15) is 0 Å². The lowest BCUT2D eigenvalue weighted by Gasteiger charge is -2.41. The zero-order valence-corrected chi connectivity index (χ0v) is 19.5. The van der Waals surface area contributed by atoms with Crippen molar-refractivity contribution >= 4 is 5.69 Å². The van der Waals surface area contributed by atoms with Crippen LogP contribution in [0.4, 0.5) is 5.69 Å². The van der Waals surface area contributed by atoms with Gasteiger partial charge in [0, 0.05) is 49.2 Å². The molecule has 6 heteroatoms. The Morgan fingerprint density at radius 3 is 2.31 bits per heavy atom. The lowest BCUT2D eigenvalue weighted by molar-refractivity contribution is -0.293. The summed E-state index contributed by atoms with van der Waals surface area (Å²) in [7, 11) is 5.80. The summed E-state index contributed by atoms with van der Waals surface area (Å²) in [6, 6.07) is 16.6. The zero-order valence-electron chi connectivity index (χ0n) is 19.5. The minimum absolute atomic E-state index is 0.0351. The third-order valence-electron chi connectivity index (χ3n) is 6.37. The van der Waals surface area contributed by atoms with E-state index in [1.54, 1.807) is 7.11 Å². The van der Waals surface area contributed by atoms with E-state index in [0.717, 1.165) is 34.1 Å². The van der Waals surface area contributed by atoms with Crippen LogP contribution in [0.1, 0.15) is 25.1 Å². The number of hydrogen-bond acceptors (Lipinski definition) is 5. The number of nitrogens with zero attached hydrogens (tertiary/aromatic N) is 3. The molecule has 0 saturated carbocycles. The molecule has 0 unspecified atom stereocenters. The molecule has 0 radical (unpaired) electrons. The van der Waals surface area contributed by atoms with E-state index < -0.39 is 5.79 Å². The SMILES string of the molecule is COc1ccccc1-n1nc2c(c1-c1ccc(N(C)C)cc1)CC1(C2)OCC(C)(C)CO1. The second-order valence-corrected chi connectivity index (χ2v) is 9.80. The summed E-state index contributed by atoms with van der Waals surface area (Å²) in [4.78, 5) is 2.10. The Kier molecular flexibility index (Phi) is 5.02. The molecule has 6 nitrogen and oxygen atoms in total. The molecule has 1 spiro atoms. The lowest BCUT2D eigenvalue weighted by atomic mass is 9.94. The molecular formula is C26H31N3O3. The summed E-state index contributed by atoms with van der Waals surface area (Å²) in [6.45, 7) is 5.73. The van der Waals surface area contributed by atoms with Crippen LogP contribution in [0.5, 0.6) is 5.75 Å². The quantitative estimate of drug-likeness (QED) is 0.607. The molecule has 1 fully saturated rings. The second-order valence-electron chi connectivity index (χ2n) is 9.80. The smallest absolute Gasteiger partial charge is 0.178 e. The Labute approximate surface area is 189 Å². The number of para-hydroxylation sites is 2. The summed E-state index contributed by atoms with van der Waals surface area (Å²) in [5, 5.41) is 5.06. The van der Waals surface area contributed by atoms with Crippen LogP contribution in [-0.4, -0.2) is 50.0 Å². The van der Waals surface area contributed by atoms with E-state index in [0.29, 0.717) is 26.1 Å². The number of rotatable bonds is 4. The normalized spacial score (nSPS) is 18.5. The summed E-state index contributed by atoms with van der Waals surface area (Å²) in [6.07, 6.45) is 1.35. The Morgan fingerprint density at radius 1 is 0.969 bits per heavy atom. The highest BCUT2D eigenvalue weighted by Crippen LogP contribution is 2.44. The molecule has 3 aromatic rings. The van der Waals surface area contributed by atoms with Crippen molar-refractivity contribution in [2.24, 2.45) is 5.41 Å². The first-order valence-electron chi connectivity index (χ1n) is 11.1. The molecule has 1 aromatic heterocycles. The summed E-state index contributed by atoms with van der Waals surface area (Å²) in [5.41, 5.74) is 6.53. The number of ether oxygens (including phenoxy) is 3. The van der Waals surface area contributed by atoms with E-state index in [-0.39, 0.29) is 5.41 Å². The fourth-order valence-electron chi connectivity index (χ4n) is 4.54. The van der Waals surface area contributed by atoms with Crippen molar-refractivity contribution in [2.45, 2.75) is 32.5 Å². The van der Waals surface area contributed by atoms with Crippen molar-refractivity contribution in [1.82, 2.24) is 9.78 Å². The Hall–Kier alpha value is -2.83. The number of hydrogen-bond donors (Lipinski definition) is 0. The third-order valence-corrected chi connectivity index (χ3v) is 6.37. The Balaban J connectivity index is 1.61. The molecule has 2 heterocycles. The predicted octanol–water partition coefficient (Wildman–Crippen LogP) is 4.48. The van der Waals surface area contributed by atoms with Gasteiger partial charge in [-0.05, 0) is 24.3 Å². The van der Waals surface area contributed by atoms with Crippen LogP contribution >= 0.6 is 0 Å². The van der Waals surface area contributed by atoms with Crippen LogP contribution in [0, 0.1) is 5.41 Å². The maximum absolute atomic E-state index is 6.31. The van der Waals surface area contributed by atoms with Crippen LogP contribution in [0.3, 0.4) is 0 Å². The Bertz CT molecular complexity index is 1120. The standard InChI is InChI=1S/C26H31N3O3/c1-25(2)16-31-26(32-17-25)14-20-21(15-26)27-29(22-8-6-7-9-23(22)30-5)24(20)18-10-12-19(13-11-18)28(3)4/h6-13H,14-17H2,1-5H3. The van der Waals surface area contributed by atoms with Gasteiger partial charge in [-0.3, -0.25) is 0 Å². The fourth-order valence-corrected chi connectivity index (χ4v) is 4.54. The Morgan fingerprint density at radius 2 is 1.66 bits per heavy atom. The predicted molar refractivity (Wildman–Crippen MR) is 126 cm³/mol. The molecule has 0 amide bonds. The molecule has 2 aliphatic rings. The van der Waals surface area contributed by atoms with Crippen LogP contribution in [0.2, 0.25) is 0 Å². The minimum Gasteiger partial charge on any atom is -0.494 e. The van der Waals surface area contributed by atoms with Crippen molar-refractivity contribution in [3.63, 3.8) is 0 Å². The van der Waals surface area contributed by atoms with Crippen molar-refractivity contribution in [2.75, 3.05) is 39.3 Å². The van der Waals surface area contributed by atoms with Gasteiger partial charge in [0.1, 0.15) is 11.4 Å². The van der Waals surface area contributed by atoms with Crippen molar-refractivity contribution in [3.05, 3.63) is 59.8 Å². The molecule has 168 valence electrons. The highest BCUT2D eigenvalue weighted by Gasteiger charge is 2.48. The van der Waals surface area contributed by atoms with E-state index in [1.165, 1.54) is 5.56 Å². The zero-order chi connectivity index (χ0) is 22.5. The summed E-state index contributed by atoms with van der Waals surface area (Å²) < 4.78 is 20.3. The van der Waals surface area contributed by atoms with Gasteiger partial charge in [0.15, 0.2) is 5.79 Å². The number of anilines is 1. The van der Waals surface area contributed by atoms with Crippen molar-refractivity contribution < 1.29 is 14.2 Å². The van der Waals surface area contributed by atoms with E-state index in [1.807, 2.05) is 28.9 Å². The molecule has 32 heavy (non-hydrogen) atoms. The average molecular weight is 434 g/mol. The van der Waals surface area contributed by atoms with E-state index >= 15 is 0 Å². The largest absolute Gasteiger partial charge is 0.494 e. The molecule has 1 saturated heterocycles. The van der Waals surface area contributed by atoms with Crippen LogP contribution < -0.4 is 9.64 Å². The molecule has 5 rings (SSSR count). The van der Waals surface area contributed by atoms with Gasteiger partial charge in [-0.15, -0.1) is 0 Å². The summed E-state index contributed by atoms with van der Waals surface area (Å²) >= 11 is 0. The minimum atomic E-state index is -0.606. The van der Waals surface area contributed by atoms with Crippen LogP contribution in [0.25, 0.3) is 16.9 Å².